The van der Waals surface area contributed by atoms with Crippen molar-refractivity contribution >= 4 is 0 Å². The SMILES string of the molecule is CCCNC(COCCOCCCOC)C1CCCCC1. The zero-order chi connectivity index (χ0) is 15.2. The fourth-order valence-corrected chi connectivity index (χ4v) is 2.96. The molecule has 1 N–H and O–H groups in total. The summed E-state index contributed by atoms with van der Waals surface area (Å²) in [6.07, 6.45) is 9.05. The Morgan fingerprint density at radius 2 is 1.76 bits per heavy atom. The molecule has 126 valence electrons. The lowest BCUT2D eigenvalue weighted by Gasteiger charge is -2.31. The summed E-state index contributed by atoms with van der Waals surface area (Å²) in [4.78, 5) is 0. The molecule has 0 heterocycles. The summed E-state index contributed by atoms with van der Waals surface area (Å²) >= 11 is 0. The van der Waals surface area contributed by atoms with Crippen LogP contribution in [-0.4, -0.2) is 52.7 Å². The van der Waals surface area contributed by atoms with Gasteiger partial charge >= 0.3 is 0 Å². The average Bonchev–Trinajstić information content (AvgIpc) is 2.53. The Bertz CT molecular complexity index is 220. The maximum Gasteiger partial charge on any atom is 0.0701 e. The van der Waals surface area contributed by atoms with E-state index in [1.807, 2.05) is 0 Å². The van der Waals surface area contributed by atoms with Crippen molar-refractivity contribution in [2.45, 2.75) is 57.9 Å². The second-order valence-electron chi connectivity index (χ2n) is 5.99. The lowest BCUT2D eigenvalue weighted by Crippen LogP contribution is -2.41. The van der Waals surface area contributed by atoms with E-state index in [0.717, 1.165) is 38.7 Å². The van der Waals surface area contributed by atoms with Gasteiger partial charge in [0, 0.05) is 26.4 Å². The van der Waals surface area contributed by atoms with Gasteiger partial charge in [0.15, 0.2) is 0 Å². The van der Waals surface area contributed by atoms with Crippen LogP contribution in [0.25, 0.3) is 0 Å². The molecule has 0 aromatic carbocycles. The zero-order valence-corrected chi connectivity index (χ0v) is 14.1. The van der Waals surface area contributed by atoms with Crippen LogP contribution in [0.3, 0.4) is 0 Å². The van der Waals surface area contributed by atoms with E-state index in [1.165, 1.54) is 38.5 Å². The first-order valence-electron chi connectivity index (χ1n) is 8.76. The van der Waals surface area contributed by atoms with Crippen LogP contribution < -0.4 is 5.32 Å². The molecule has 0 bridgehead atoms. The molecule has 0 aromatic heterocycles. The van der Waals surface area contributed by atoms with Crippen LogP contribution in [0.1, 0.15) is 51.9 Å². The molecule has 0 amide bonds. The topological polar surface area (TPSA) is 39.7 Å². The molecule has 0 aliphatic heterocycles. The third-order valence-electron chi connectivity index (χ3n) is 4.18. The molecule has 0 radical (unpaired) electrons. The highest BCUT2D eigenvalue weighted by Gasteiger charge is 2.23. The molecule has 1 fully saturated rings. The summed E-state index contributed by atoms with van der Waals surface area (Å²) in [5.41, 5.74) is 0. The summed E-state index contributed by atoms with van der Waals surface area (Å²) in [6.45, 7) is 7.06. The van der Waals surface area contributed by atoms with E-state index in [1.54, 1.807) is 7.11 Å². The Morgan fingerprint density at radius 1 is 1.00 bits per heavy atom. The second-order valence-corrected chi connectivity index (χ2v) is 5.99. The first kappa shape index (κ1) is 18.9. The van der Waals surface area contributed by atoms with Crippen LogP contribution in [0.4, 0.5) is 0 Å². The molecule has 0 spiro atoms. The zero-order valence-electron chi connectivity index (χ0n) is 14.1. The predicted octanol–water partition coefficient (Wildman–Crippen LogP) is 3.00. The molecular formula is C17H35NO3. The van der Waals surface area contributed by atoms with Crippen molar-refractivity contribution in [1.29, 1.82) is 0 Å². The highest BCUT2D eigenvalue weighted by atomic mass is 16.5. The molecular weight excluding hydrogens is 266 g/mol. The van der Waals surface area contributed by atoms with Gasteiger partial charge in [0.2, 0.25) is 0 Å². The minimum atomic E-state index is 0.527. The van der Waals surface area contributed by atoms with Crippen LogP contribution in [0.5, 0.6) is 0 Å². The van der Waals surface area contributed by atoms with Crippen molar-refractivity contribution in [3.05, 3.63) is 0 Å². The Kier molecular flexibility index (Phi) is 12.1. The van der Waals surface area contributed by atoms with Gasteiger partial charge in [0.25, 0.3) is 0 Å². The normalized spacial score (nSPS) is 18.0. The number of hydrogen-bond donors (Lipinski definition) is 1. The maximum absolute atomic E-state index is 5.83. The van der Waals surface area contributed by atoms with Gasteiger partial charge in [-0.3, -0.25) is 0 Å². The second kappa shape index (κ2) is 13.5. The summed E-state index contributed by atoms with van der Waals surface area (Å²) < 4.78 is 16.3. The quantitative estimate of drug-likeness (QED) is 0.531. The van der Waals surface area contributed by atoms with Gasteiger partial charge in [-0.25, -0.2) is 0 Å². The van der Waals surface area contributed by atoms with Crippen LogP contribution in [0.2, 0.25) is 0 Å². The third kappa shape index (κ3) is 9.46. The standard InChI is InChI=1S/C17H35NO3/c1-3-10-18-17(16-8-5-4-6-9-16)15-21-14-13-20-12-7-11-19-2/h16-18H,3-15H2,1-2H3. The minimum Gasteiger partial charge on any atom is -0.385 e. The van der Waals surface area contributed by atoms with Crippen LogP contribution >= 0.6 is 0 Å². The molecule has 1 atom stereocenters. The monoisotopic (exact) mass is 301 g/mol. The lowest BCUT2D eigenvalue weighted by atomic mass is 9.84. The van der Waals surface area contributed by atoms with Crippen molar-refractivity contribution in [2.75, 3.05) is 46.7 Å². The molecule has 1 unspecified atom stereocenters. The molecule has 4 heteroatoms. The van der Waals surface area contributed by atoms with E-state index in [4.69, 9.17) is 14.2 Å². The first-order valence-corrected chi connectivity index (χ1v) is 8.76. The number of ether oxygens (including phenoxy) is 3. The summed E-state index contributed by atoms with van der Waals surface area (Å²) in [6, 6.07) is 0.527. The van der Waals surface area contributed by atoms with Crippen molar-refractivity contribution in [2.24, 2.45) is 5.92 Å². The van der Waals surface area contributed by atoms with Gasteiger partial charge in [0.05, 0.1) is 19.8 Å². The van der Waals surface area contributed by atoms with Gasteiger partial charge in [-0.05, 0) is 38.1 Å². The largest absolute Gasteiger partial charge is 0.385 e. The molecule has 0 aromatic rings. The lowest BCUT2D eigenvalue weighted by molar-refractivity contribution is 0.0241. The maximum atomic E-state index is 5.83. The molecule has 0 saturated heterocycles. The van der Waals surface area contributed by atoms with Crippen molar-refractivity contribution in [3.8, 4) is 0 Å². The number of methoxy groups -OCH3 is 1. The van der Waals surface area contributed by atoms with Crippen LogP contribution in [0.15, 0.2) is 0 Å². The highest BCUT2D eigenvalue weighted by Crippen LogP contribution is 2.26. The summed E-state index contributed by atoms with van der Waals surface area (Å²) in [7, 11) is 1.72. The van der Waals surface area contributed by atoms with Crippen LogP contribution in [0, 0.1) is 5.92 Å². The van der Waals surface area contributed by atoms with E-state index in [2.05, 4.69) is 12.2 Å². The average molecular weight is 301 g/mol. The fourth-order valence-electron chi connectivity index (χ4n) is 2.96. The molecule has 1 aliphatic rings. The van der Waals surface area contributed by atoms with E-state index in [-0.39, 0.29) is 0 Å². The Balaban J connectivity index is 2.08. The van der Waals surface area contributed by atoms with Crippen LogP contribution in [-0.2, 0) is 14.2 Å². The van der Waals surface area contributed by atoms with Crippen molar-refractivity contribution < 1.29 is 14.2 Å². The van der Waals surface area contributed by atoms with Gasteiger partial charge in [-0.2, -0.15) is 0 Å². The number of hydrogen-bond acceptors (Lipinski definition) is 4. The van der Waals surface area contributed by atoms with Gasteiger partial charge in [-0.15, -0.1) is 0 Å². The molecule has 1 rings (SSSR count). The fraction of sp³-hybridized carbons (Fsp3) is 1.00. The van der Waals surface area contributed by atoms with E-state index in [0.29, 0.717) is 19.3 Å². The van der Waals surface area contributed by atoms with E-state index < -0.39 is 0 Å². The molecule has 1 aliphatic carbocycles. The highest BCUT2D eigenvalue weighted by molar-refractivity contribution is 4.79. The number of rotatable bonds is 13. The Morgan fingerprint density at radius 3 is 2.48 bits per heavy atom. The third-order valence-corrected chi connectivity index (χ3v) is 4.18. The smallest absolute Gasteiger partial charge is 0.0701 e. The van der Waals surface area contributed by atoms with Crippen molar-refractivity contribution in [1.82, 2.24) is 5.32 Å². The first-order chi connectivity index (χ1) is 10.4. The minimum absolute atomic E-state index is 0.527. The van der Waals surface area contributed by atoms with Crippen molar-refractivity contribution in [3.63, 3.8) is 0 Å². The van der Waals surface area contributed by atoms with Gasteiger partial charge in [-0.1, -0.05) is 26.2 Å². The van der Waals surface area contributed by atoms with E-state index >= 15 is 0 Å². The van der Waals surface area contributed by atoms with E-state index in [9.17, 15) is 0 Å². The molecule has 21 heavy (non-hydrogen) atoms. The summed E-state index contributed by atoms with van der Waals surface area (Å²) in [5.74, 6) is 0.799. The van der Waals surface area contributed by atoms with Gasteiger partial charge < -0.3 is 19.5 Å². The predicted molar refractivity (Wildman–Crippen MR) is 86.8 cm³/mol. The Labute approximate surface area is 130 Å². The summed E-state index contributed by atoms with van der Waals surface area (Å²) in [5, 5.41) is 3.68. The number of nitrogens with one attached hydrogen (secondary N) is 1. The van der Waals surface area contributed by atoms with Gasteiger partial charge in [0.1, 0.15) is 0 Å². The molecule has 1 saturated carbocycles. The Hall–Kier alpha value is -0.160. The molecule has 4 nitrogen and oxygen atoms in total.